The van der Waals surface area contributed by atoms with E-state index >= 15 is 0 Å². The Bertz CT molecular complexity index is 1270. The van der Waals surface area contributed by atoms with Crippen LogP contribution in [-0.4, -0.2) is 36.5 Å². The third-order valence-electron chi connectivity index (χ3n) is 17.7. The fourth-order valence-corrected chi connectivity index (χ4v) is 14.7. The zero-order chi connectivity index (χ0) is 35.6. The van der Waals surface area contributed by atoms with Crippen LogP contribution < -0.4 is 0 Å². The van der Waals surface area contributed by atoms with Gasteiger partial charge in [0, 0.05) is 17.3 Å². The van der Waals surface area contributed by atoms with Crippen molar-refractivity contribution in [1.29, 1.82) is 0 Å². The lowest BCUT2D eigenvalue weighted by molar-refractivity contribution is -0.276. The first-order valence-electron chi connectivity index (χ1n) is 21.8. The third kappa shape index (κ3) is 5.74. The molecule has 0 N–H and O–H groups in total. The van der Waals surface area contributed by atoms with Crippen LogP contribution in [0, 0.1) is 50.2 Å². The number of rotatable bonds is 14. The van der Waals surface area contributed by atoms with Gasteiger partial charge in [-0.05, 0) is 129 Å². The van der Waals surface area contributed by atoms with Gasteiger partial charge in [0.2, 0.25) is 0 Å². The van der Waals surface area contributed by atoms with Crippen LogP contribution in [0.4, 0.5) is 0 Å². The summed E-state index contributed by atoms with van der Waals surface area (Å²) in [6, 6.07) is 0. The third-order valence-corrected chi connectivity index (χ3v) is 17.7. The molecule has 7 rings (SSSR count). The van der Waals surface area contributed by atoms with E-state index in [2.05, 4.69) is 67.5 Å². The number of unbranched alkanes of at least 4 members (excludes halogenated alkanes) is 9. The van der Waals surface area contributed by atoms with E-state index in [1.54, 1.807) is 0 Å². The number of epoxide rings is 1. The Hall–Kier alpha value is -0.870. The first-order chi connectivity index (χ1) is 23.7. The van der Waals surface area contributed by atoms with Crippen molar-refractivity contribution in [3.05, 3.63) is 12.2 Å². The summed E-state index contributed by atoms with van der Waals surface area (Å²) in [6.45, 7) is 21.1. The average Bonchev–Trinajstić information content (AvgIpc) is 3.80. The Balaban J connectivity index is 0.944. The van der Waals surface area contributed by atoms with Crippen molar-refractivity contribution >= 4 is 5.97 Å². The highest BCUT2D eigenvalue weighted by Crippen LogP contribution is 2.83. The smallest absolute Gasteiger partial charge is 0.306 e. The Kier molecular flexibility index (Phi) is 10.1. The number of hydrogen-bond acceptors (Lipinski definition) is 4. The molecular weight excluding hydrogens is 617 g/mol. The van der Waals surface area contributed by atoms with Crippen molar-refractivity contribution in [2.24, 2.45) is 50.2 Å². The summed E-state index contributed by atoms with van der Waals surface area (Å²) in [5.74, 6) is 1.75. The van der Waals surface area contributed by atoms with E-state index in [0.717, 1.165) is 32.3 Å². The minimum atomic E-state index is -0.116. The summed E-state index contributed by atoms with van der Waals surface area (Å²) in [7, 11) is 0. The monoisotopic (exact) mass is 693 g/mol. The predicted molar refractivity (Wildman–Crippen MR) is 204 cm³/mol. The lowest BCUT2D eigenvalue weighted by Crippen LogP contribution is -2.74. The van der Waals surface area contributed by atoms with E-state index < -0.39 is 0 Å². The van der Waals surface area contributed by atoms with Gasteiger partial charge < -0.3 is 14.2 Å². The highest BCUT2D eigenvalue weighted by Gasteiger charge is 2.86. The standard InChI is InChI=1S/C46H76O4/c1-9-10-11-12-13-14-15-16-17-18-19-20-21-22-36(47)49-35-24-25-42(6)33(41(35,4)5)23-26-43(7)38(42)37-39(50-37)46-34-31-40(2,3)27-29-45(34,32-48-46)30-28-44(43,46)8/h14-15,33-35,37-39H,9-13,16-32H2,1-8H3/b15-14-/t33-,34+,35-,37-,38+,39-,42-,43+,44-,45+,46+/m0/s1. The molecule has 2 aliphatic heterocycles. The predicted octanol–water partition coefficient (Wildman–Crippen LogP) is 12.2. The molecule has 0 radical (unpaired) electrons. The molecule has 0 unspecified atom stereocenters. The fraction of sp³-hybridized carbons (Fsp3) is 0.935. The second-order valence-corrected chi connectivity index (χ2v) is 21.2. The molecule has 7 aliphatic rings. The van der Waals surface area contributed by atoms with Gasteiger partial charge in [0.05, 0.1) is 12.7 Å². The summed E-state index contributed by atoms with van der Waals surface area (Å²) in [6.07, 6.45) is 30.8. The molecule has 7 fully saturated rings. The maximum absolute atomic E-state index is 13.2. The molecule has 5 aliphatic carbocycles. The summed E-state index contributed by atoms with van der Waals surface area (Å²) >= 11 is 0. The van der Waals surface area contributed by atoms with Crippen molar-refractivity contribution in [3.63, 3.8) is 0 Å². The van der Waals surface area contributed by atoms with Crippen LogP contribution in [0.25, 0.3) is 0 Å². The topological polar surface area (TPSA) is 48.1 Å². The molecule has 0 aromatic heterocycles. The zero-order valence-electron chi connectivity index (χ0n) is 33.8. The van der Waals surface area contributed by atoms with Crippen molar-refractivity contribution in [2.75, 3.05) is 6.61 Å². The number of allylic oxidation sites excluding steroid dienone is 2. The lowest BCUT2D eigenvalue weighted by Gasteiger charge is -2.73. The number of esters is 1. The lowest BCUT2D eigenvalue weighted by atomic mass is 9.31. The number of carbonyl (C=O) groups excluding carboxylic acids is 1. The molecule has 5 saturated carbocycles. The molecule has 2 heterocycles. The van der Waals surface area contributed by atoms with Gasteiger partial charge in [-0.2, -0.15) is 0 Å². The molecule has 1 spiro atoms. The summed E-state index contributed by atoms with van der Waals surface area (Å²) in [5.41, 5.74) is 1.13. The second kappa shape index (κ2) is 13.5. The molecular formula is C46H76O4. The highest BCUT2D eigenvalue weighted by molar-refractivity contribution is 5.69. The van der Waals surface area contributed by atoms with E-state index in [0.29, 0.717) is 41.1 Å². The van der Waals surface area contributed by atoms with Crippen molar-refractivity contribution < 1.29 is 19.0 Å². The molecule has 4 nitrogen and oxygen atoms in total. The van der Waals surface area contributed by atoms with Crippen LogP contribution in [0.2, 0.25) is 0 Å². The molecule has 2 saturated heterocycles. The molecule has 50 heavy (non-hydrogen) atoms. The largest absolute Gasteiger partial charge is 0.462 e. The summed E-state index contributed by atoms with van der Waals surface area (Å²) in [4.78, 5) is 13.2. The van der Waals surface area contributed by atoms with Gasteiger partial charge in [0.15, 0.2) is 0 Å². The summed E-state index contributed by atoms with van der Waals surface area (Å²) in [5, 5.41) is 0. The molecule has 0 aromatic rings. The average molecular weight is 693 g/mol. The molecule has 4 heteroatoms. The number of hydrogen-bond donors (Lipinski definition) is 0. The summed E-state index contributed by atoms with van der Waals surface area (Å²) < 4.78 is 20.8. The Morgan fingerprint density at radius 1 is 0.760 bits per heavy atom. The van der Waals surface area contributed by atoms with Gasteiger partial charge >= 0.3 is 5.97 Å². The quantitative estimate of drug-likeness (QED) is 0.0787. The van der Waals surface area contributed by atoms with E-state index in [1.165, 1.54) is 103 Å². The van der Waals surface area contributed by atoms with Crippen LogP contribution in [0.15, 0.2) is 12.2 Å². The van der Waals surface area contributed by atoms with Gasteiger partial charge in [-0.15, -0.1) is 0 Å². The van der Waals surface area contributed by atoms with Crippen molar-refractivity contribution in [3.8, 4) is 0 Å². The van der Waals surface area contributed by atoms with Crippen LogP contribution in [0.5, 0.6) is 0 Å². The van der Waals surface area contributed by atoms with E-state index in [9.17, 15) is 4.79 Å². The first-order valence-corrected chi connectivity index (χ1v) is 21.8. The fourth-order valence-electron chi connectivity index (χ4n) is 14.7. The minimum absolute atomic E-state index is 0.0190. The number of fused-ring (bicyclic) bond motifs is 6. The molecule has 0 amide bonds. The molecule has 0 aromatic carbocycles. The Labute approximate surface area is 307 Å². The molecule has 284 valence electrons. The minimum Gasteiger partial charge on any atom is -0.462 e. The van der Waals surface area contributed by atoms with E-state index in [-0.39, 0.29) is 45.4 Å². The van der Waals surface area contributed by atoms with Gasteiger partial charge in [-0.3, -0.25) is 4.79 Å². The Morgan fingerprint density at radius 3 is 2.18 bits per heavy atom. The van der Waals surface area contributed by atoms with Gasteiger partial charge in [-0.1, -0.05) is 106 Å². The maximum Gasteiger partial charge on any atom is 0.306 e. The van der Waals surface area contributed by atoms with Crippen LogP contribution in [-0.2, 0) is 19.0 Å². The van der Waals surface area contributed by atoms with E-state index in [1.807, 2.05) is 0 Å². The van der Waals surface area contributed by atoms with Crippen molar-refractivity contribution in [2.45, 2.75) is 214 Å². The Morgan fingerprint density at radius 2 is 1.44 bits per heavy atom. The molecule has 11 atom stereocenters. The second-order valence-electron chi connectivity index (χ2n) is 21.2. The van der Waals surface area contributed by atoms with Crippen LogP contribution in [0.3, 0.4) is 0 Å². The SMILES string of the molecule is CCCCCC/C=C\CCCCCCCC(=O)O[C@H]1CC[C@]2(C)[C@H]3[C@@H]4O[C@@H]4[C@]45OC[C@@]6(CCC(C)(C)C[C@H]64)CC[C@@]5(C)[C@]3(C)CC[C@H]2C1(C)C. The van der Waals surface area contributed by atoms with E-state index in [4.69, 9.17) is 14.2 Å². The molecule has 2 bridgehead atoms. The van der Waals surface area contributed by atoms with Gasteiger partial charge in [-0.25, -0.2) is 0 Å². The number of ether oxygens (including phenoxy) is 3. The first kappa shape index (κ1) is 37.4. The maximum atomic E-state index is 13.2. The van der Waals surface area contributed by atoms with Crippen molar-refractivity contribution in [1.82, 2.24) is 0 Å². The van der Waals surface area contributed by atoms with Crippen LogP contribution >= 0.6 is 0 Å². The number of carbonyl (C=O) groups is 1. The zero-order valence-corrected chi connectivity index (χ0v) is 33.8. The van der Waals surface area contributed by atoms with Crippen LogP contribution in [0.1, 0.15) is 190 Å². The highest BCUT2D eigenvalue weighted by atomic mass is 16.6. The van der Waals surface area contributed by atoms with Gasteiger partial charge in [0.25, 0.3) is 0 Å². The van der Waals surface area contributed by atoms with Gasteiger partial charge in [0.1, 0.15) is 17.8 Å². The normalized spacial score (nSPS) is 46.3.